The van der Waals surface area contributed by atoms with E-state index in [2.05, 4.69) is 29.1 Å². The van der Waals surface area contributed by atoms with E-state index in [0.29, 0.717) is 34.2 Å². The second-order valence-corrected chi connectivity index (χ2v) is 8.79. The molecule has 7 nitrogen and oxygen atoms in total. The minimum absolute atomic E-state index is 0.144. The quantitative estimate of drug-likeness (QED) is 0.475. The standard InChI is InChI=1S/C24H26FN5O2/c1-14-5-4-6-19(15(14)2)29-12-11-20-22(24(29)31)26-27-23-21(16-7-9-17(25)10-8-16)18(13-32-3)28-30(20)23/h7-12,14-15,19H,4-6,13H2,1-3H3. The summed E-state index contributed by atoms with van der Waals surface area (Å²) in [6.07, 6.45) is 5.16. The van der Waals surface area contributed by atoms with Gasteiger partial charge in [-0.15, -0.1) is 10.2 Å². The van der Waals surface area contributed by atoms with Gasteiger partial charge in [0.15, 0.2) is 11.2 Å². The van der Waals surface area contributed by atoms with E-state index in [-0.39, 0.29) is 24.0 Å². The number of hydrogen-bond acceptors (Lipinski definition) is 5. The zero-order chi connectivity index (χ0) is 22.4. The molecule has 1 fully saturated rings. The van der Waals surface area contributed by atoms with Gasteiger partial charge in [0.2, 0.25) is 0 Å². The van der Waals surface area contributed by atoms with Crippen molar-refractivity contribution >= 4 is 16.7 Å². The Labute approximate surface area is 184 Å². The highest BCUT2D eigenvalue weighted by Crippen LogP contribution is 2.37. The van der Waals surface area contributed by atoms with Crippen molar-refractivity contribution in [2.24, 2.45) is 11.8 Å². The van der Waals surface area contributed by atoms with E-state index in [0.717, 1.165) is 24.0 Å². The Morgan fingerprint density at radius 2 is 1.91 bits per heavy atom. The number of pyridine rings is 1. The van der Waals surface area contributed by atoms with Gasteiger partial charge in [0.1, 0.15) is 11.3 Å². The van der Waals surface area contributed by atoms with E-state index in [1.165, 1.54) is 18.6 Å². The first kappa shape index (κ1) is 20.8. The molecule has 0 radical (unpaired) electrons. The maximum absolute atomic E-state index is 13.5. The van der Waals surface area contributed by atoms with Crippen LogP contribution >= 0.6 is 0 Å². The predicted molar refractivity (Wildman–Crippen MR) is 120 cm³/mol. The fraction of sp³-hybridized carbons (Fsp3) is 0.417. The number of hydrogen-bond donors (Lipinski definition) is 0. The molecule has 166 valence electrons. The highest BCUT2D eigenvalue weighted by Gasteiger charge is 2.29. The summed E-state index contributed by atoms with van der Waals surface area (Å²) in [6.45, 7) is 4.73. The Hall–Kier alpha value is -3.13. The van der Waals surface area contributed by atoms with Gasteiger partial charge in [0.25, 0.3) is 5.56 Å². The number of aromatic nitrogens is 5. The largest absolute Gasteiger partial charge is 0.378 e. The zero-order valence-corrected chi connectivity index (χ0v) is 18.5. The number of benzene rings is 1. The van der Waals surface area contributed by atoms with E-state index >= 15 is 0 Å². The molecule has 3 unspecified atom stereocenters. The van der Waals surface area contributed by atoms with E-state index in [9.17, 15) is 9.18 Å². The number of rotatable bonds is 4. The van der Waals surface area contributed by atoms with E-state index < -0.39 is 0 Å². The van der Waals surface area contributed by atoms with Crippen LogP contribution in [0.25, 0.3) is 27.8 Å². The summed E-state index contributed by atoms with van der Waals surface area (Å²) in [7, 11) is 1.59. The molecule has 0 bridgehead atoms. The Morgan fingerprint density at radius 3 is 2.66 bits per heavy atom. The highest BCUT2D eigenvalue weighted by atomic mass is 19.1. The summed E-state index contributed by atoms with van der Waals surface area (Å²) in [5.41, 5.74) is 3.39. The summed E-state index contributed by atoms with van der Waals surface area (Å²) in [6, 6.07) is 8.21. The molecule has 1 aliphatic rings. The number of fused-ring (bicyclic) bond motifs is 3. The normalized spacial score (nSPS) is 21.4. The average molecular weight is 436 g/mol. The Bertz CT molecular complexity index is 1340. The maximum Gasteiger partial charge on any atom is 0.280 e. The van der Waals surface area contributed by atoms with E-state index in [1.54, 1.807) is 23.8 Å². The first-order valence-corrected chi connectivity index (χ1v) is 11.0. The van der Waals surface area contributed by atoms with Crippen molar-refractivity contribution in [2.75, 3.05) is 7.11 Å². The third-order valence-corrected chi connectivity index (χ3v) is 6.91. The van der Waals surface area contributed by atoms with Gasteiger partial charge in [-0.2, -0.15) is 5.10 Å². The summed E-state index contributed by atoms with van der Waals surface area (Å²) in [5.74, 6) is 0.673. The zero-order valence-electron chi connectivity index (χ0n) is 18.5. The van der Waals surface area contributed by atoms with Crippen LogP contribution in [-0.2, 0) is 11.3 Å². The number of nitrogens with zero attached hydrogens (tertiary/aromatic N) is 5. The molecule has 8 heteroatoms. The monoisotopic (exact) mass is 435 g/mol. The van der Waals surface area contributed by atoms with Gasteiger partial charge in [-0.3, -0.25) is 4.79 Å². The van der Waals surface area contributed by atoms with Crippen molar-refractivity contribution in [3.63, 3.8) is 0 Å². The van der Waals surface area contributed by atoms with Crippen molar-refractivity contribution in [1.82, 2.24) is 24.4 Å². The molecule has 32 heavy (non-hydrogen) atoms. The predicted octanol–water partition coefficient (Wildman–Crippen LogP) is 4.39. The average Bonchev–Trinajstić information content (AvgIpc) is 3.15. The first-order chi connectivity index (χ1) is 15.5. The minimum atomic E-state index is -0.318. The lowest BCUT2D eigenvalue weighted by molar-refractivity contribution is 0.181. The third-order valence-electron chi connectivity index (χ3n) is 6.91. The van der Waals surface area contributed by atoms with Crippen molar-refractivity contribution in [1.29, 1.82) is 0 Å². The minimum Gasteiger partial charge on any atom is -0.378 e. The first-order valence-electron chi connectivity index (χ1n) is 11.0. The molecule has 1 aromatic carbocycles. The molecular weight excluding hydrogens is 409 g/mol. The SMILES string of the molecule is COCc1nn2c(nnc3c(=O)n(C4CCCC(C)C4C)ccc32)c1-c1ccc(F)cc1. The number of methoxy groups -OCH3 is 1. The van der Waals surface area contributed by atoms with Gasteiger partial charge in [-0.1, -0.05) is 38.8 Å². The van der Waals surface area contributed by atoms with Crippen molar-refractivity contribution in [3.8, 4) is 11.1 Å². The lowest BCUT2D eigenvalue weighted by Crippen LogP contribution is -2.34. The van der Waals surface area contributed by atoms with Crippen molar-refractivity contribution in [3.05, 3.63) is 58.4 Å². The van der Waals surface area contributed by atoms with Crippen LogP contribution in [0.4, 0.5) is 4.39 Å². The summed E-state index contributed by atoms with van der Waals surface area (Å²) >= 11 is 0. The van der Waals surface area contributed by atoms with Crippen LogP contribution < -0.4 is 5.56 Å². The van der Waals surface area contributed by atoms with Crippen molar-refractivity contribution in [2.45, 2.75) is 45.8 Å². The molecule has 4 aromatic rings. The smallest absolute Gasteiger partial charge is 0.280 e. The summed E-state index contributed by atoms with van der Waals surface area (Å²) in [5, 5.41) is 13.4. The molecule has 0 aliphatic heterocycles. The van der Waals surface area contributed by atoms with Gasteiger partial charge < -0.3 is 9.30 Å². The molecule has 3 atom stereocenters. The fourth-order valence-electron chi connectivity index (χ4n) is 4.96. The molecule has 3 heterocycles. The van der Waals surface area contributed by atoms with Gasteiger partial charge in [-0.25, -0.2) is 8.91 Å². The van der Waals surface area contributed by atoms with Crippen LogP contribution in [0.2, 0.25) is 0 Å². The molecule has 0 spiro atoms. The van der Waals surface area contributed by atoms with Crippen molar-refractivity contribution < 1.29 is 9.13 Å². The Morgan fingerprint density at radius 1 is 1.12 bits per heavy atom. The van der Waals surface area contributed by atoms with E-state index in [4.69, 9.17) is 4.74 Å². The molecule has 0 amide bonds. The van der Waals surface area contributed by atoms with Crippen LogP contribution in [-0.4, -0.2) is 31.5 Å². The van der Waals surface area contributed by atoms with Crippen LogP contribution in [0.5, 0.6) is 0 Å². The van der Waals surface area contributed by atoms with Crippen LogP contribution in [0.1, 0.15) is 44.8 Å². The van der Waals surface area contributed by atoms with Crippen LogP contribution in [0.3, 0.4) is 0 Å². The molecule has 1 aliphatic carbocycles. The molecule has 0 saturated heterocycles. The second-order valence-electron chi connectivity index (χ2n) is 8.79. The molecular formula is C24H26FN5O2. The molecule has 3 aromatic heterocycles. The lowest BCUT2D eigenvalue weighted by atomic mass is 9.78. The molecule has 0 N–H and O–H groups in total. The third kappa shape index (κ3) is 3.30. The second kappa shape index (κ2) is 8.09. The fourth-order valence-corrected chi connectivity index (χ4v) is 4.96. The van der Waals surface area contributed by atoms with Gasteiger partial charge in [0, 0.05) is 19.3 Å². The van der Waals surface area contributed by atoms with Gasteiger partial charge >= 0.3 is 0 Å². The van der Waals surface area contributed by atoms with Gasteiger partial charge in [-0.05, 0) is 42.0 Å². The Balaban J connectivity index is 1.70. The Kier molecular flexibility index (Phi) is 5.25. The molecule has 1 saturated carbocycles. The van der Waals surface area contributed by atoms with Gasteiger partial charge in [0.05, 0.1) is 17.9 Å². The van der Waals surface area contributed by atoms with E-state index in [1.807, 2.05) is 16.8 Å². The topological polar surface area (TPSA) is 74.3 Å². The maximum atomic E-state index is 13.5. The lowest BCUT2D eigenvalue weighted by Gasteiger charge is -2.35. The number of halogens is 1. The summed E-state index contributed by atoms with van der Waals surface area (Å²) in [4.78, 5) is 13.4. The van der Waals surface area contributed by atoms with Crippen LogP contribution in [0.15, 0.2) is 41.3 Å². The summed E-state index contributed by atoms with van der Waals surface area (Å²) < 4.78 is 22.3. The van der Waals surface area contributed by atoms with Crippen LogP contribution in [0, 0.1) is 17.7 Å². The highest BCUT2D eigenvalue weighted by molar-refractivity contribution is 5.84. The molecule has 5 rings (SSSR count). The number of ether oxygens (including phenoxy) is 1.